The Morgan fingerprint density at radius 3 is 2.41 bits per heavy atom. The van der Waals surface area contributed by atoms with Gasteiger partial charge < -0.3 is 0 Å². The molecule has 0 unspecified atom stereocenters. The van der Waals surface area contributed by atoms with Gasteiger partial charge in [-0.1, -0.05) is 66.0 Å². The second kappa shape index (κ2) is 7.83. The van der Waals surface area contributed by atoms with E-state index in [9.17, 15) is 4.79 Å². The van der Waals surface area contributed by atoms with Gasteiger partial charge in [-0.25, -0.2) is 0 Å². The number of ketones is 1. The Balaban J connectivity index is 1.50. The van der Waals surface area contributed by atoms with E-state index < -0.39 is 0 Å². The van der Waals surface area contributed by atoms with E-state index in [0.29, 0.717) is 22.5 Å². The molecule has 3 saturated carbocycles. The van der Waals surface area contributed by atoms with Crippen LogP contribution in [0.1, 0.15) is 106 Å². The topological polar surface area (TPSA) is 17.1 Å². The minimum Gasteiger partial charge on any atom is -0.300 e. The average Bonchev–Trinajstić information content (AvgIpc) is 3.03. The van der Waals surface area contributed by atoms with Gasteiger partial charge in [0, 0.05) is 12.8 Å². The fraction of sp³-hybridized carbons (Fsp3) is 0.893. The summed E-state index contributed by atoms with van der Waals surface area (Å²) in [6.07, 6.45) is 15.1. The lowest BCUT2D eigenvalue weighted by Gasteiger charge is -2.57. The fourth-order valence-corrected chi connectivity index (χ4v) is 8.34. The number of allylic oxidation sites excluding steroid dienone is 2. The predicted molar refractivity (Wildman–Crippen MR) is 123 cm³/mol. The van der Waals surface area contributed by atoms with Gasteiger partial charge in [-0.15, -0.1) is 0 Å². The molecule has 1 nitrogen and oxygen atoms in total. The quantitative estimate of drug-likeness (QED) is 0.431. The van der Waals surface area contributed by atoms with Crippen molar-refractivity contribution in [1.82, 2.24) is 0 Å². The molecule has 29 heavy (non-hydrogen) atoms. The summed E-state index contributed by atoms with van der Waals surface area (Å²) in [5, 5.41) is 0. The Morgan fingerprint density at radius 1 is 0.966 bits per heavy atom. The third kappa shape index (κ3) is 3.57. The molecule has 0 aromatic heterocycles. The number of carbonyl (C=O) groups excluding carboxylic acids is 1. The molecule has 4 rings (SSSR count). The van der Waals surface area contributed by atoms with Crippen LogP contribution in [-0.2, 0) is 4.79 Å². The Kier molecular flexibility index (Phi) is 5.84. The zero-order valence-corrected chi connectivity index (χ0v) is 20.1. The molecule has 0 aromatic rings. The highest BCUT2D eigenvalue weighted by molar-refractivity contribution is 5.79. The number of fused-ring (bicyclic) bond motifs is 5. The summed E-state index contributed by atoms with van der Waals surface area (Å²) in [5.41, 5.74) is 2.77. The van der Waals surface area contributed by atoms with Crippen LogP contribution < -0.4 is 0 Å². The van der Waals surface area contributed by atoms with Gasteiger partial charge >= 0.3 is 0 Å². The van der Waals surface area contributed by atoms with Crippen molar-refractivity contribution in [3.8, 4) is 0 Å². The molecule has 0 N–H and O–H groups in total. The van der Waals surface area contributed by atoms with Crippen molar-refractivity contribution in [3.05, 3.63) is 11.6 Å². The summed E-state index contributed by atoms with van der Waals surface area (Å²) in [6.45, 7) is 15.0. The number of hydrogen-bond donors (Lipinski definition) is 0. The lowest BCUT2D eigenvalue weighted by atomic mass is 9.47. The van der Waals surface area contributed by atoms with E-state index in [0.717, 1.165) is 54.8 Å². The molecule has 0 spiro atoms. The van der Waals surface area contributed by atoms with Crippen LogP contribution >= 0.6 is 0 Å². The van der Waals surface area contributed by atoms with Gasteiger partial charge in [0.1, 0.15) is 5.78 Å². The van der Waals surface area contributed by atoms with Gasteiger partial charge in [0.05, 0.1) is 0 Å². The summed E-state index contributed by atoms with van der Waals surface area (Å²) in [5.74, 6) is 6.17. The van der Waals surface area contributed by atoms with Crippen LogP contribution in [0.15, 0.2) is 11.6 Å². The molecular weight excluding hydrogens is 352 g/mol. The van der Waals surface area contributed by atoms with Gasteiger partial charge in [0.25, 0.3) is 0 Å². The SMILES string of the molecule is CC(C)[C@@H](C)CC[C@@H](C)[C@@H]1CC[C@@H]2C3=CC[C@@H]4CC(=O)CC[C@@]4(C)[C@@H]3CC[C@]21C. The number of hydrogen-bond acceptors (Lipinski definition) is 1. The molecule has 1 heteroatoms. The van der Waals surface area contributed by atoms with Crippen molar-refractivity contribution in [2.45, 2.75) is 106 Å². The normalized spacial score (nSPS) is 44.0. The highest BCUT2D eigenvalue weighted by Crippen LogP contribution is 2.66. The smallest absolute Gasteiger partial charge is 0.133 e. The van der Waals surface area contributed by atoms with E-state index in [4.69, 9.17) is 0 Å². The van der Waals surface area contributed by atoms with Gasteiger partial charge in [0.2, 0.25) is 0 Å². The summed E-state index contributed by atoms with van der Waals surface area (Å²) in [7, 11) is 0. The molecule has 164 valence electrons. The molecule has 8 atom stereocenters. The molecule has 0 amide bonds. The van der Waals surface area contributed by atoms with E-state index in [-0.39, 0.29) is 0 Å². The van der Waals surface area contributed by atoms with Crippen LogP contribution in [-0.4, -0.2) is 5.78 Å². The zero-order chi connectivity index (χ0) is 21.0. The third-order valence-electron chi connectivity index (χ3n) is 10.9. The van der Waals surface area contributed by atoms with Crippen molar-refractivity contribution >= 4 is 5.78 Å². The van der Waals surface area contributed by atoms with E-state index >= 15 is 0 Å². The van der Waals surface area contributed by atoms with E-state index in [1.165, 1.54) is 44.9 Å². The van der Waals surface area contributed by atoms with Crippen LogP contribution in [0.25, 0.3) is 0 Å². The van der Waals surface area contributed by atoms with Crippen molar-refractivity contribution in [2.75, 3.05) is 0 Å². The van der Waals surface area contributed by atoms with Crippen LogP contribution in [0.5, 0.6) is 0 Å². The first-order valence-corrected chi connectivity index (χ1v) is 12.9. The maximum absolute atomic E-state index is 12.1. The molecular formula is C28H46O. The minimum atomic E-state index is 0.399. The Hall–Kier alpha value is -0.590. The maximum atomic E-state index is 12.1. The first kappa shape index (κ1) is 21.6. The van der Waals surface area contributed by atoms with Crippen LogP contribution in [0.4, 0.5) is 0 Å². The monoisotopic (exact) mass is 398 g/mol. The molecule has 0 radical (unpaired) electrons. The number of Topliss-reactive ketones (excluding diaryl/α,β-unsaturated/α-hetero) is 1. The number of rotatable bonds is 5. The maximum Gasteiger partial charge on any atom is 0.133 e. The molecule has 4 aliphatic rings. The lowest BCUT2D eigenvalue weighted by molar-refractivity contribution is -0.127. The van der Waals surface area contributed by atoms with E-state index in [2.05, 4.69) is 47.6 Å². The Bertz CT molecular complexity index is 659. The first-order valence-electron chi connectivity index (χ1n) is 12.9. The standard InChI is InChI=1S/C28H46O/c1-18(2)19(3)7-8-20(4)24-11-12-25-23-10-9-21-17-22(29)13-15-27(21,5)26(23)14-16-28(24,25)6/h10,18-21,24-26H,7-9,11-17H2,1-6H3/t19-,20+,21+,24-,25+,26+,27+,28-/m0/s1. The summed E-state index contributed by atoms with van der Waals surface area (Å²) in [4.78, 5) is 12.1. The summed E-state index contributed by atoms with van der Waals surface area (Å²) >= 11 is 0. The highest BCUT2D eigenvalue weighted by Gasteiger charge is 2.58. The van der Waals surface area contributed by atoms with Gasteiger partial charge in [0.15, 0.2) is 0 Å². The molecule has 4 aliphatic carbocycles. The van der Waals surface area contributed by atoms with E-state index in [1.807, 2.05) is 5.57 Å². The third-order valence-corrected chi connectivity index (χ3v) is 10.9. The van der Waals surface area contributed by atoms with Crippen molar-refractivity contribution < 1.29 is 4.79 Å². The van der Waals surface area contributed by atoms with Crippen molar-refractivity contribution in [1.29, 1.82) is 0 Å². The molecule has 0 heterocycles. The summed E-state index contributed by atoms with van der Waals surface area (Å²) in [6, 6.07) is 0. The Labute approximate surface area is 180 Å². The summed E-state index contributed by atoms with van der Waals surface area (Å²) < 4.78 is 0. The second-order valence-electron chi connectivity index (χ2n) is 12.5. The molecule has 0 aromatic carbocycles. The molecule has 0 bridgehead atoms. The molecule has 0 aliphatic heterocycles. The van der Waals surface area contributed by atoms with Crippen molar-refractivity contribution in [2.24, 2.45) is 52.3 Å². The predicted octanol–water partition coefficient (Wildman–Crippen LogP) is 7.84. The minimum absolute atomic E-state index is 0.399. The molecule has 3 fully saturated rings. The first-order chi connectivity index (χ1) is 13.7. The fourth-order valence-electron chi connectivity index (χ4n) is 8.34. The zero-order valence-electron chi connectivity index (χ0n) is 20.1. The largest absolute Gasteiger partial charge is 0.300 e. The lowest BCUT2D eigenvalue weighted by Crippen LogP contribution is -2.49. The highest BCUT2D eigenvalue weighted by atomic mass is 16.1. The van der Waals surface area contributed by atoms with Gasteiger partial charge in [-0.3, -0.25) is 4.79 Å². The van der Waals surface area contributed by atoms with Crippen LogP contribution in [0, 0.1) is 52.3 Å². The van der Waals surface area contributed by atoms with Gasteiger partial charge in [-0.2, -0.15) is 0 Å². The van der Waals surface area contributed by atoms with Crippen LogP contribution in [0.2, 0.25) is 0 Å². The second-order valence-corrected chi connectivity index (χ2v) is 12.5. The van der Waals surface area contributed by atoms with E-state index in [1.54, 1.807) is 0 Å². The Morgan fingerprint density at radius 2 is 1.69 bits per heavy atom. The van der Waals surface area contributed by atoms with Crippen LogP contribution in [0.3, 0.4) is 0 Å². The average molecular weight is 399 g/mol. The number of carbonyl (C=O) groups is 1. The van der Waals surface area contributed by atoms with Gasteiger partial charge in [-0.05, 0) is 90.8 Å². The van der Waals surface area contributed by atoms with Crippen molar-refractivity contribution in [3.63, 3.8) is 0 Å². The molecule has 0 saturated heterocycles.